The summed E-state index contributed by atoms with van der Waals surface area (Å²) >= 11 is 0. The molecule has 11 heavy (non-hydrogen) atoms. The van der Waals surface area contributed by atoms with Crippen molar-refractivity contribution in [3.63, 3.8) is 0 Å². The van der Waals surface area contributed by atoms with Crippen LogP contribution >= 0.6 is 0 Å². The van der Waals surface area contributed by atoms with Crippen molar-refractivity contribution in [1.82, 2.24) is 5.32 Å². The van der Waals surface area contributed by atoms with Crippen LogP contribution in [-0.4, -0.2) is 11.3 Å². The molecule has 0 fully saturated rings. The largest absolute Gasteiger partial charge is 0.511 e. The molecule has 0 bridgehead atoms. The number of carboxylic acid groups (broad SMARTS) is 1. The summed E-state index contributed by atoms with van der Waals surface area (Å²) in [5, 5.41) is 10.9. The van der Waals surface area contributed by atoms with Gasteiger partial charge in [0.05, 0.1) is 0 Å². The minimum atomic E-state index is -1.32. The minimum absolute atomic E-state index is 0.266. The zero-order valence-corrected chi connectivity index (χ0v) is 5.65. The summed E-state index contributed by atoms with van der Waals surface area (Å²) in [6.07, 6.45) is 6.75. The zero-order valence-electron chi connectivity index (χ0n) is 5.65. The lowest BCUT2D eigenvalue weighted by molar-refractivity contribution is 0.121. The van der Waals surface area contributed by atoms with Crippen LogP contribution in [0, 0.1) is 0 Å². The normalized spacial score (nSPS) is 14.7. The van der Waals surface area contributed by atoms with Crippen LogP contribution in [0.4, 0.5) is 4.79 Å². The van der Waals surface area contributed by atoms with Crippen LogP contribution in [0.3, 0.4) is 0 Å². The standard InChI is InChI=1S/C7H7NO3/c9-7(10)11-6-3-1-2-4-8-5-6/h1-5,8H,(H,9,10). The predicted molar refractivity (Wildman–Crippen MR) is 38.6 cm³/mol. The van der Waals surface area contributed by atoms with Crippen molar-refractivity contribution in [1.29, 1.82) is 0 Å². The highest BCUT2D eigenvalue weighted by molar-refractivity contribution is 5.59. The molecule has 1 rings (SSSR count). The highest BCUT2D eigenvalue weighted by Crippen LogP contribution is 2.00. The van der Waals surface area contributed by atoms with Crippen molar-refractivity contribution in [3.05, 3.63) is 36.4 Å². The van der Waals surface area contributed by atoms with Crippen LogP contribution in [-0.2, 0) is 4.74 Å². The SMILES string of the molecule is O=C(O)OC1=CNC=CC=C1. The van der Waals surface area contributed by atoms with Crippen molar-refractivity contribution >= 4 is 6.16 Å². The quantitative estimate of drug-likeness (QED) is 0.555. The predicted octanol–water partition coefficient (Wildman–Crippen LogP) is 1.20. The number of ether oxygens (including phenoxy) is 1. The Kier molecular flexibility index (Phi) is 2.32. The average molecular weight is 153 g/mol. The summed E-state index contributed by atoms with van der Waals surface area (Å²) in [5.41, 5.74) is 0. The summed E-state index contributed by atoms with van der Waals surface area (Å²) in [4.78, 5) is 10.0. The Balaban J connectivity index is 2.58. The minimum Gasteiger partial charge on any atom is -0.449 e. The van der Waals surface area contributed by atoms with Crippen LogP contribution in [0.2, 0.25) is 0 Å². The van der Waals surface area contributed by atoms with Gasteiger partial charge in [0, 0.05) is 12.4 Å². The highest BCUT2D eigenvalue weighted by atomic mass is 16.7. The number of allylic oxidation sites excluding steroid dienone is 3. The van der Waals surface area contributed by atoms with Gasteiger partial charge in [0.25, 0.3) is 0 Å². The van der Waals surface area contributed by atoms with Gasteiger partial charge in [-0.15, -0.1) is 0 Å². The molecule has 0 aliphatic carbocycles. The van der Waals surface area contributed by atoms with Gasteiger partial charge in [-0.3, -0.25) is 0 Å². The van der Waals surface area contributed by atoms with Gasteiger partial charge in [-0.05, 0) is 12.2 Å². The molecule has 0 spiro atoms. The lowest BCUT2D eigenvalue weighted by atomic mass is 10.4. The second-order valence-electron chi connectivity index (χ2n) is 1.80. The van der Waals surface area contributed by atoms with E-state index in [1.165, 1.54) is 6.20 Å². The highest BCUT2D eigenvalue weighted by Gasteiger charge is 1.99. The molecule has 0 radical (unpaired) electrons. The molecule has 0 saturated heterocycles. The number of hydrogen-bond donors (Lipinski definition) is 2. The molecule has 1 aliphatic rings. The lowest BCUT2D eigenvalue weighted by Gasteiger charge is -1.97. The second-order valence-corrected chi connectivity index (χ2v) is 1.80. The van der Waals surface area contributed by atoms with E-state index in [-0.39, 0.29) is 5.76 Å². The molecule has 0 aromatic carbocycles. The van der Waals surface area contributed by atoms with E-state index in [4.69, 9.17) is 5.11 Å². The molecule has 1 heterocycles. The molecule has 0 aromatic rings. The van der Waals surface area contributed by atoms with Crippen molar-refractivity contribution in [2.45, 2.75) is 0 Å². The maximum absolute atomic E-state index is 10.0. The summed E-state index contributed by atoms with van der Waals surface area (Å²) in [7, 11) is 0. The fraction of sp³-hybridized carbons (Fsp3) is 0. The third-order valence-electron chi connectivity index (χ3n) is 0.995. The first kappa shape index (κ1) is 7.40. The summed E-state index contributed by atoms with van der Waals surface area (Å²) in [6.45, 7) is 0. The Morgan fingerprint density at radius 1 is 1.55 bits per heavy atom. The Hall–Kier alpha value is -1.71. The van der Waals surface area contributed by atoms with Crippen molar-refractivity contribution < 1.29 is 14.6 Å². The van der Waals surface area contributed by atoms with E-state index in [1.54, 1.807) is 24.4 Å². The molecule has 4 nitrogen and oxygen atoms in total. The van der Waals surface area contributed by atoms with E-state index >= 15 is 0 Å². The van der Waals surface area contributed by atoms with Gasteiger partial charge in [-0.25, -0.2) is 4.79 Å². The molecule has 2 N–H and O–H groups in total. The third kappa shape index (κ3) is 2.57. The van der Waals surface area contributed by atoms with Gasteiger partial charge in [0.15, 0.2) is 0 Å². The Morgan fingerprint density at radius 2 is 2.36 bits per heavy atom. The molecule has 0 saturated carbocycles. The van der Waals surface area contributed by atoms with Crippen molar-refractivity contribution in [2.75, 3.05) is 0 Å². The number of rotatable bonds is 1. The smallest absolute Gasteiger partial charge is 0.449 e. The average Bonchev–Trinajstić information content (AvgIpc) is 2.14. The Morgan fingerprint density at radius 3 is 3.09 bits per heavy atom. The van der Waals surface area contributed by atoms with Gasteiger partial charge >= 0.3 is 6.16 Å². The first-order valence-electron chi connectivity index (χ1n) is 2.99. The van der Waals surface area contributed by atoms with Gasteiger partial charge in [0.2, 0.25) is 0 Å². The van der Waals surface area contributed by atoms with Gasteiger partial charge < -0.3 is 15.2 Å². The lowest BCUT2D eigenvalue weighted by Crippen LogP contribution is -2.01. The second kappa shape index (κ2) is 3.46. The number of hydrogen-bond acceptors (Lipinski definition) is 3. The zero-order chi connectivity index (χ0) is 8.10. The molecular formula is C7H7NO3. The van der Waals surface area contributed by atoms with Crippen LogP contribution in [0.25, 0.3) is 0 Å². The summed E-state index contributed by atoms with van der Waals surface area (Å²) in [5.74, 6) is 0.266. The first-order chi connectivity index (χ1) is 5.29. The van der Waals surface area contributed by atoms with E-state index in [0.29, 0.717) is 0 Å². The maximum Gasteiger partial charge on any atom is 0.511 e. The van der Waals surface area contributed by atoms with Crippen LogP contribution in [0.5, 0.6) is 0 Å². The van der Waals surface area contributed by atoms with E-state index < -0.39 is 6.16 Å². The van der Waals surface area contributed by atoms with Crippen LogP contribution < -0.4 is 5.32 Å². The first-order valence-corrected chi connectivity index (χ1v) is 2.99. The van der Waals surface area contributed by atoms with Crippen molar-refractivity contribution in [2.24, 2.45) is 0 Å². The van der Waals surface area contributed by atoms with Crippen LogP contribution in [0.15, 0.2) is 36.4 Å². The number of nitrogens with one attached hydrogen (secondary N) is 1. The fourth-order valence-corrected chi connectivity index (χ4v) is 0.604. The van der Waals surface area contributed by atoms with Gasteiger partial charge in [0.1, 0.15) is 5.76 Å². The van der Waals surface area contributed by atoms with E-state index in [1.807, 2.05) is 0 Å². The monoisotopic (exact) mass is 153 g/mol. The fourth-order valence-electron chi connectivity index (χ4n) is 0.604. The van der Waals surface area contributed by atoms with Crippen LogP contribution in [0.1, 0.15) is 0 Å². The third-order valence-corrected chi connectivity index (χ3v) is 0.995. The van der Waals surface area contributed by atoms with Crippen molar-refractivity contribution in [3.8, 4) is 0 Å². The topological polar surface area (TPSA) is 58.6 Å². The molecule has 0 atom stereocenters. The molecular weight excluding hydrogens is 146 g/mol. The summed E-state index contributed by atoms with van der Waals surface area (Å²) < 4.78 is 4.36. The Bertz CT molecular complexity index is 240. The van der Waals surface area contributed by atoms with Gasteiger partial charge in [-0.2, -0.15) is 0 Å². The molecule has 0 unspecified atom stereocenters. The molecule has 1 aliphatic heterocycles. The molecule has 4 heteroatoms. The van der Waals surface area contributed by atoms with E-state index in [9.17, 15) is 4.79 Å². The summed E-state index contributed by atoms with van der Waals surface area (Å²) in [6, 6.07) is 0. The van der Waals surface area contributed by atoms with E-state index in [2.05, 4.69) is 10.1 Å². The molecule has 0 amide bonds. The Labute approximate surface area is 63.5 Å². The molecule has 0 aromatic heterocycles. The van der Waals surface area contributed by atoms with E-state index in [0.717, 1.165) is 0 Å². The molecule has 58 valence electrons. The van der Waals surface area contributed by atoms with Gasteiger partial charge in [-0.1, -0.05) is 6.08 Å². The number of carbonyl (C=O) groups is 1. The maximum atomic E-state index is 10.0.